The summed E-state index contributed by atoms with van der Waals surface area (Å²) in [5, 5.41) is 0.834. The molecule has 1 aliphatic heterocycles. The molecule has 5 rings (SSSR count). The fraction of sp³-hybridized carbons (Fsp3) is 0.240. The molecule has 3 aromatic heterocycles. The zero-order chi connectivity index (χ0) is 24.4. The van der Waals surface area contributed by atoms with E-state index in [1.54, 1.807) is 41.4 Å². The van der Waals surface area contributed by atoms with Crippen LogP contribution in [0.25, 0.3) is 33.3 Å². The van der Waals surface area contributed by atoms with Crippen LogP contribution in [0.5, 0.6) is 6.01 Å². The number of nitrogens with zero attached hydrogens (tertiary/aromatic N) is 7. The largest absolute Gasteiger partial charge is 0.467 e. The van der Waals surface area contributed by atoms with E-state index in [0.717, 1.165) is 27.6 Å². The number of aromatic nitrogens is 5. The highest BCUT2D eigenvalue weighted by molar-refractivity contribution is 5.97. The number of carbonyl (C=O) groups excluding carboxylic acids is 2. The van der Waals surface area contributed by atoms with Gasteiger partial charge in [-0.3, -0.25) is 14.6 Å². The average Bonchev–Trinajstić information content (AvgIpc) is 2.92. The van der Waals surface area contributed by atoms with E-state index in [-0.39, 0.29) is 11.8 Å². The minimum atomic E-state index is -0.163. The number of hydrogen-bond acceptors (Lipinski definition) is 8. The molecular weight excluding hydrogens is 446 g/mol. The van der Waals surface area contributed by atoms with Gasteiger partial charge in [-0.25, -0.2) is 19.9 Å². The third kappa shape index (κ3) is 4.50. The summed E-state index contributed by atoms with van der Waals surface area (Å²) in [6, 6.07) is 9.74. The lowest BCUT2D eigenvalue weighted by molar-refractivity contribution is -0.130. The lowest BCUT2D eigenvalue weighted by Gasteiger charge is -2.34. The maximum absolute atomic E-state index is 13.1. The quantitative estimate of drug-likeness (QED) is 0.448. The molecule has 10 heteroatoms. The van der Waals surface area contributed by atoms with Crippen LogP contribution in [-0.2, 0) is 4.79 Å². The van der Waals surface area contributed by atoms with E-state index in [1.807, 2.05) is 24.3 Å². The summed E-state index contributed by atoms with van der Waals surface area (Å²) in [6.45, 7) is 3.55. The maximum atomic E-state index is 13.1. The molecule has 0 unspecified atom stereocenters. The van der Waals surface area contributed by atoms with Crippen molar-refractivity contribution in [1.29, 1.82) is 0 Å². The van der Waals surface area contributed by atoms with Gasteiger partial charge < -0.3 is 14.5 Å². The van der Waals surface area contributed by atoms with Crippen molar-refractivity contribution in [2.75, 3.05) is 33.3 Å². The molecule has 0 atom stereocenters. The summed E-state index contributed by atoms with van der Waals surface area (Å²) in [4.78, 5) is 49.8. The van der Waals surface area contributed by atoms with E-state index in [2.05, 4.69) is 24.9 Å². The number of rotatable bonds is 4. The number of hydrogen-bond donors (Lipinski definition) is 0. The van der Waals surface area contributed by atoms with Gasteiger partial charge in [-0.1, -0.05) is 6.07 Å². The van der Waals surface area contributed by atoms with E-state index in [1.165, 1.54) is 13.4 Å². The van der Waals surface area contributed by atoms with Crippen molar-refractivity contribution in [2.24, 2.45) is 0 Å². The van der Waals surface area contributed by atoms with Crippen molar-refractivity contribution in [1.82, 2.24) is 34.7 Å². The van der Waals surface area contributed by atoms with Crippen LogP contribution in [0.3, 0.4) is 0 Å². The zero-order valence-electron chi connectivity index (χ0n) is 19.4. The Morgan fingerprint density at radius 3 is 2.29 bits per heavy atom. The van der Waals surface area contributed by atoms with Crippen molar-refractivity contribution >= 4 is 22.7 Å². The molecule has 0 N–H and O–H groups in total. The van der Waals surface area contributed by atoms with Crippen LogP contribution < -0.4 is 4.74 Å². The van der Waals surface area contributed by atoms with Crippen LogP contribution in [0.2, 0.25) is 0 Å². The monoisotopic (exact) mass is 469 g/mol. The SMILES string of the molecule is COc1ncc(-c2ccc3ncnc(-c4ccnc(C(=O)N5CCN(C(C)=O)CC5)c4)c3c2)cn1. The number of fused-ring (bicyclic) bond motifs is 1. The molecule has 1 aromatic carbocycles. The average molecular weight is 470 g/mol. The smallest absolute Gasteiger partial charge is 0.316 e. The number of amides is 2. The van der Waals surface area contributed by atoms with E-state index >= 15 is 0 Å². The highest BCUT2D eigenvalue weighted by Crippen LogP contribution is 2.30. The number of methoxy groups -OCH3 is 1. The molecule has 1 fully saturated rings. The summed E-state index contributed by atoms with van der Waals surface area (Å²) in [6.07, 6.45) is 6.53. The molecule has 0 bridgehead atoms. The lowest BCUT2D eigenvalue weighted by atomic mass is 10.0. The molecular formula is C25H23N7O3. The Kier molecular flexibility index (Phi) is 6.01. The summed E-state index contributed by atoms with van der Waals surface area (Å²) in [5.41, 5.74) is 4.32. The minimum Gasteiger partial charge on any atom is -0.467 e. The Morgan fingerprint density at radius 1 is 0.829 bits per heavy atom. The Labute approximate surface area is 201 Å². The van der Waals surface area contributed by atoms with E-state index in [4.69, 9.17) is 4.74 Å². The minimum absolute atomic E-state index is 0.0217. The number of pyridine rings is 1. The van der Waals surface area contributed by atoms with Gasteiger partial charge in [0.25, 0.3) is 5.91 Å². The molecule has 1 saturated heterocycles. The van der Waals surface area contributed by atoms with Crippen LogP contribution in [-0.4, -0.2) is 79.8 Å². The molecule has 0 spiro atoms. The predicted octanol–water partition coefficient (Wildman–Crippen LogP) is 2.46. The standard InChI is InChI=1S/C25H23N7O3/c1-16(33)31-7-9-32(10-8-31)24(34)22-12-18(5-6-26-22)23-20-11-17(3-4-21(20)29-15-30-23)19-13-27-25(35-2)28-14-19/h3-6,11-15H,7-10H2,1-2H3. The van der Waals surface area contributed by atoms with Gasteiger partial charge in [0, 0.05) is 68.2 Å². The molecule has 2 amide bonds. The summed E-state index contributed by atoms with van der Waals surface area (Å²) in [5.74, 6) is -0.141. The highest BCUT2D eigenvalue weighted by atomic mass is 16.5. The molecule has 0 radical (unpaired) electrons. The topological polar surface area (TPSA) is 114 Å². The van der Waals surface area contributed by atoms with Crippen molar-refractivity contribution < 1.29 is 14.3 Å². The second kappa shape index (κ2) is 9.41. The Balaban J connectivity index is 1.47. The van der Waals surface area contributed by atoms with Crippen LogP contribution in [0.4, 0.5) is 0 Å². The van der Waals surface area contributed by atoms with Crippen LogP contribution >= 0.6 is 0 Å². The van der Waals surface area contributed by atoms with Crippen molar-refractivity contribution in [3.8, 4) is 28.4 Å². The normalized spacial score (nSPS) is 13.7. The van der Waals surface area contributed by atoms with Gasteiger partial charge in [0.2, 0.25) is 5.91 Å². The fourth-order valence-electron chi connectivity index (χ4n) is 4.12. The molecule has 0 aliphatic carbocycles. The summed E-state index contributed by atoms with van der Waals surface area (Å²) >= 11 is 0. The molecule has 10 nitrogen and oxygen atoms in total. The number of piperazine rings is 1. The van der Waals surface area contributed by atoms with Crippen molar-refractivity contribution in [3.63, 3.8) is 0 Å². The van der Waals surface area contributed by atoms with Crippen molar-refractivity contribution in [3.05, 3.63) is 60.9 Å². The van der Waals surface area contributed by atoms with E-state index in [0.29, 0.717) is 43.6 Å². The van der Waals surface area contributed by atoms with E-state index < -0.39 is 0 Å². The molecule has 1 aliphatic rings. The number of ether oxygens (including phenoxy) is 1. The van der Waals surface area contributed by atoms with Gasteiger partial charge in [-0.2, -0.15) is 0 Å². The molecule has 4 heterocycles. The Hall–Kier alpha value is -4.47. The first-order valence-electron chi connectivity index (χ1n) is 11.2. The number of benzene rings is 1. The van der Waals surface area contributed by atoms with Crippen molar-refractivity contribution in [2.45, 2.75) is 6.92 Å². The third-order valence-electron chi connectivity index (χ3n) is 6.04. The Bertz CT molecular complexity index is 1400. The van der Waals surface area contributed by atoms with E-state index in [9.17, 15) is 9.59 Å². The first-order valence-corrected chi connectivity index (χ1v) is 11.2. The second-order valence-corrected chi connectivity index (χ2v) is 8.14. The first-order chi connectivity index (χ1) is 17.0. The summed E-state index contributed by atoms with van der Waals surface area (Å²) in [7, 11) is 1.52. The molecule has 4 aromatic rings. The number of carbonyl (C=O) groups is 2. The fourth-order valence-corrected chi connectivity index (χ4v) is 4.12. The van der Waals surface area contributed by atoms with Crippen LogP contribution in [0.15, 0.2) is 55.2 Å². The summed E-state index contributed by atoms with van der Waals surface area (Å²) < 4.78 is 5.05. The predicted molar refractivity (Wildman–Crippen MR) is 129 cm³/mol. The molecule has 176 valence electrons. The zero-order valence-corrected chi connectivity index (χ0v) is 19.4. The lowest BCUT2D eigenvalue weighted by Crippen LogP contribution is -2.50. The van der Waals surface area contributed by atoms with Crippen LogP contribution in [0.1, 0.15) is 17.4 Å². The maximum Gasteiger partial charge on any atom is 0.316 e. The highest BCUT2D eigenvalue weighted by Gasteiger charge is 2.24. The third-order valence-corrected chi connectivity index (χ3v) is 6.04. The van der Waals surface area contributed by atoms with Crippen LogP contribution in [0, 0.1) is 0 Å². The van der Waals surface area contributed by atoms with Gasteiger partial charge >= 0.3 is 6.01 Å². The van der Waals surface area contributed by atoms with Gasteiger partial charge in [0.15, 0.2) is 0 Å². The first kappa shape index (κ1) is 22.3. The molecule has 0 saturated carbocycles. The van der Waals surface area contributed by atoms with Gasteiger partial charge in [-0.15, -0.1) is 0 Å². The second-order valence-electron chi connectivity index (χ2n) is 8.14. The van der Waals surface area contributed by atoms with Gasteiger partial charge in [0.05, 0.1) is 18.3 Å². The Morgan fingerprint density at radius 2 is 1.57 bits per heavy atom. The van der Waals surface area contributed by atoms with Gasteiger partial charge in [-0.05, 0) is 29.8 Å². The van der Waals surface area contributed by atoms with Gasteiger partial charge in [0.1, 0.15) is 12.0 Å². The molecule has 35 heavy (non-hydrogen) atoms.